The third-order valence-corrected chi connectivity index (χ3v) is 3.13. The van der Waals surface area contributed by atoms with Gasteiger partial charge in [-0.1, -0.05) is 30.3 Å². The minimum Gasteiger partial charge on any atom is -0.376 e. The monoisotopic (exact) mass is 268 g/mol. The highest BCUT2D eigenvalue weighted by molar-refractivity contribution is 5.61. The van der Waals surface area contributed by atoms with Crippen molar-refractivity contribution in [3.63, 3.8) is 0 Å². The molecule has 0 spiro atoms. The standard InChI is InChI=1S/C14H16N6/c1-10-13(9-20(2)18-10)15-8-12-14(17-19-16-12)11-6-4-3-5-7-11/h3-7,9,15H,8H2,1-2H3,(H,16,17,19). The number of H-pyrrole nitrogens is 1. The maximum absolute atomic E-state index is 4.30. The molecule has 0 unspecified atom stereocenters. The molecule has 6 heteroatoms. The molecule has 0 saturated carbocycles. The summed E-state index contributed by atoms with van der Waals surface area (Å²) in [5, 5.41) is 18.8. The number of anilines is 1. The Hall–Kier alpha value is -2.63. The van der Waals surface area contributed by atoms with Gasteiger partial charge in [0, 0.05) is 18.8 Å². The molecular weight excluding hydrogens is 252 g/mol. The van der Waals surface area contributed by atoms with Gasteiger partial charge in [-0.2, -0.15) is 20.5 Å². The van der Waals surface area contributed by atoms with Crippen molar-refractivity contribution < 1.29 is 0 Å². The number of hydrogen-bond acceptors (Lipinski definition) is 4. The van der Waals surface area contributed by atoms with Gasteiger partial charge in [-0.3, -0.25) is 4.68 Å². The first kappa shape index (κ1) is 12.4. The Balaban J connectivity index is 1.79. The molecule has 2 heterocycles. The highest BCUT2D eigenvalue weighted by Crippen LogP contribution is 2.20. The molecule has 0 radical (unpaired) electrons. The lowest BCUT2D eigenvalue weighted by atomic mass is 10.1. The third kappa shape index (κ3) is 2.40. The normalized spacial score (nSPS) is 10.7. The van der Waals surface area contributed by atoms with Gasteiger partial charge >= 0.3 is 0 Å². The number of hydrogen-bond donors (Lipinski definition) is 2. The van der Waals surface area contributed by atoms with Crippen LogP contribution in [0.25, 0.3) is 11.3 Å². The van der Waals surface area contributed by atoms with Gasteiger partial charge in [-0.05, 0) is 6.92 Å². The van der Waals surface area contributed by atoms with E-state index < -0.39 is 0 Å². The van der Waals surface area contributed by atoms with E-state index in [1.165, 1.54) is 0 Å². The molecule has 2 aromatic heterocycles. The average Bonchev–Trinajstić information content (AvgIpc) is 3.04. The van der Waals surface area contributed by atoms with E-state index >= 15 is 0 Å². The Labute approximate surface area is 116 Å². The molecule has 0 saturated heterocycles. The third-order valence-electron chi connectivity index (χ3n) is 3.13. The zero-order valence-electron chi connectivity index (χ0n) is 11.5. The quantitative estimate of drug-likeness (QED) is 0.760. The van der Waals surface area contributed by atoms with Gasteiger partial charge in [0.15, 0.2) is 0 Å². The average molecular weight is 268 g/mol. The van der Waals surface area contributed by atoms with Crippen molar-refractivity contribution in [2.75, 3.05) is 5.32 Å². The smallest absolute Gasteiger partial charge is 0.117 e. The lowest BCUT2D eigenvalue weighted by Crippen LogP contribution is -2.01. The van der Waals surface area contributed by atoms with Crippen LogP contribution in [0.1, 0.15) is 11.4 Å². The molecule has 3 aromatic rings. The van der Waals surface area contributed by atoms with Gasteiger partial charge in [0.25, 0.3) is 0 Å². The number of aryl methyl sites for hydroxylation is 2. The fourth-order valence-corrected chi connectivity index (χ4v) is 2.16. The minimum atomic E-state index is 0.604. The van der Waals surface area contributed by atoms with Gasteiger partial charge in [0.1, 0.15) is 11.4 Å². The van der Waals surface area contributed by atoms with E-state index in [-0.39, 0.29) is 0 Å². The van der Waals surface area contributed by atoms with E-state index in [1.807, 2.05) is 50.5 Å². The maximum atomic E-state index is 4.30. The summed E-state index contributed by atoms with van der Waals surface area (Å²) in [6.07, 6.45) is 1.96. The first-order valence-corrected chi connectivity index (χ1v) is 6.43. The molecular formula is C14H16N6. The summed E-state index contributed by atoms with van der Waals surface area (Å²) in [4.78, 5) is 0. The topological polar surface area (TPSA) is 71.4 Å². The second kappa shape index (κ2) is 5.16. The first-order valence-electron chi connectivity index (χ1n) is 6.43. The molecule has 0 atom stereocenters. The zero-order chi connectivity index (χ0) is 13.9. The van der Waals surface area contributed by atoms with Crippen molar-refractivity contribution in [1.29, 1.82) is 0 Å². The molecule has 0 fully saturated rings. The molecule has 0 bridgehead atoms. The number of benzene rings is 1. The Morgan fingerprint density at radius 3 is 2.70 bits per heavy atom. The highest BCUT2D eigenvalue weighted by atomic mass is 15.3. The van der Waals surface area contributed by atoms with Crippen LogP contribution >= 0.6 is 0 Å². The first-order chi connectivity index (χ1) is 9.74. The van der Waals surface area contributed by atoms with Crippen molar-refractivity contribution in [1.82, 2.24) is 25.2 Å². The summed E-state index contributed by atoms with van der Waals surface area (Å²) in [5.74, 6) is 0. The lowest BCUT2D eigenvalue weighted by molar-refractivity contribution is 0.756. The summed E-state index contributed by atoms with van der Waals surface area (Å²) in [6, 6.07) is 10.0. The van der Waals surface area contributed by atoms with Crippen LogP contribution in [0.5, 0.6) is 0 Å². The van der Waals surface area contributed by atoms with Crippen LogP contribution in [0.3, 0.4) is 0 Å². The summed E-state index contributed by atoms with van der Waals surface area (Å²) >= 11 is 0. The van der Waals surface area contributed by atoms with Crippen molar-refractivity contribution in [2.45, 2.75) is 13.5 Å². The fourth-order valence-electron chi connectivity index (χ4n) is 2.16. The minimum absolute atomic E-state index is 0.604. The van der Waals surface area contributed by atoms with Crippen molar-refractivity contribution >= 4 is 5.69 Å². The Morgan fingerprint density at radius 1 is 1.20 bits per heavy atom. The lowest BCUT2D eigenvalue weighted by Gasteiger charge is -2.04. The van der Waals surface area contributed by atoms with Crippen molar-refractivity contribution in [3.05, 3.63) is 47.9 Å². The van der Waals surface area contributed by atoms with Crippen LogP contribution in [-0.4, -0.2) is 25.2 Å². The predicted octanol–water partition coefficient (Wildman–Crippen LogP) is 2.13. The van der Waals surface area contributed by atoms with Gasteiger partial charge < -0.3 is 5.32 Å². The Bertz CT molecular complexity index is 698. The molecule has 20 heavy (non-hydrogen) atoms. The second-order valence-corrected chi connectivity index (χ2v) is 4.64. The number of rotatable bonds is 4. The van der Waals surface area contributed by atoms with Crippen LogP contribution in [0.4, 0.5) is 5.69 Å². The van der Waals surface area contributed by atoms with Crippen LogP contribution in [0, 0.1) is 6.92 Å². The van der Waals surface area contributed by atoms with Crippen molar-refractivity contribution in [2.24, 2.45) is 7.05 Å². The van der Waals surface area contributed by atoms with Crippen molar-refractivity contribution in [3.8, 4) is 11.3 Å². The van der Waals surface area contributed by atoms with E-state index in [0.717, 1.165) is 28.3 Å². The van der Waals surface area contributed by atoms with Crippen LogP contribution < -0.4 is 5.32 Å². The number of aromatic amines is 1. The molecule has 0 aliphatic rings. The zero-order valence-corrected chi connectivity index (χ0v) is 11.5. The maximum Gasteiger partial charge on any atom is 0.117 e. The predicted molar refractivity (Wildman–Crippen MR) is 77.1 cm³/mol. The molecule has 0 aliphatic carbocycles. The van der Waals surface area contributed by atoms with E-state index in [1.54, 1.807) is 4.68 Å². The summed E-state index contributed by atoms with van der Waals surface area (Å²) in [5.41, 5.74) is 4.80. The fraction of sp³-hybridized carbons (Fsp3) is 0.214. The van der Waals surface area contributed by atoms with E-state index in [9.17, 15) is 0 Å². The molecule has 1 aromatic carbocycles. The van der Waals surface area contributed by atoms with E-state index in [4.69, 9.17) is 0 Å². The molecule has 2 N–H and O–H groups in total. The Morgan fingerprint density at radius 2 is 2.00 bits per heavy atom. The number of aromatic nitrogens is 5. The Kier molecular flexibility index (Phi) is 3.20. The van der Waals surface area contributed by atoms with Gasteiger partial charge in [0.2, 0.25) is 0 Å². The summed E-state index contributed by atoms with van der Waals surface area (Å²) in [6.45, 7) is 2.58. The van der Waals surface area contributed by atoms with Gasteiger partial charge in [0.05, 0.1) is 17.9 Å². The van der Waals surface area contributed by atoms with Crippen LogP contribution in [-0.2, 0) is 13.6 Å². The second-order valence-electron chi connectivity index (χ2n) is 4.64. The van der Waals surface area contributed by atoms with Gasteiger partial charge in [-0.25, -0.2) is 0 Å². The molecule has 102 valence electrons. The summed E-state index contributed by atoms with van der Waals surface area (Å²) in [7, 11) is 1.91. The summed E-state index contributed by atoms with van der Waals surface area (Å²) < 4.78 is 1.79. The SMILES string of the molecule is Cc1nn(C)cc1NCc1n[nH]nc1-c1ccccc1. The number of nitrogens with zero attached hydrogens (tertiary/aromatic N) is 4. The molecule has 0 aliphatic heterocycles. The van der Waals surface area contributed by atoms with E-state index in [2.05, 4.69) is 25.8 Å². The molecule has 3 rings (SSSR count). The largest absolute Gasteiger partial charge is 0.376 e. The van der Waals surface area contributed by atoms with Gasteiger partial charge in [-0.15, -0.1) is 0 Å². The number of nitrogens with one attached hydrogen (secondary N) is 2. The van der Waals surface area contributed by atoms with Crippen LogP contribution in [0.15, 0.2) is 36.5 Å². The van der Waals surface area contributed by atoms with E-state index in [0.29, 0.717) is 6.54 Å². The highest BCUT2D eigenvalue weighted by Gasteiger charge is 2.10. The molecule has 6 nitrogen and oxygen atoms in total. The molecule has 0 amide bonds. The van der Waals surface area contributed by atoms with Crippen LogP contribution in [0.2, 0.25) is 0 Å².